The Morgan fingerprint density at radius 2 is 1.90 bits per heavy atom. The first kappa shape index (κ1) is 19.4. The fraction of sp³-hybridized carbons (Fsp3) is 0.409. The molecule has 4 rings (SSSR count). The first-order chi connectivity index (χ1) is 14.0. The molecule has 3 aromatic rings. The molecule has 0 spiro atoms. The third kappa shape index (κ3) is 4.40. The number of anilines is 1. The van der Waals surface area contributed by atoms with Gasteiger partial charge in [-0.25, -0.2) is 9.67 Å². The second-order valence-corrected chi connectivity index (χ2v) is 7.92. The number of aromatic nitrogens is 4. The van der Waals surface area contributed by atoms with E-state index in [1.54, 1.807) is 0 Å². The highest BCUT2D eigenvalue weighted by Crippen LogP contribution is 2.22. The number of likely N-dealkylation sites (tertiary alicyclic amines) is 1. The SMILES string of the molecule is Cc1cc(C)n(-c2ccc(NC(=O)C3CCN(Cc4cncn4C)CC3)cc2)n1. The van der Waals surface area contributed by atoms with Gasteiger partial charge in [-0.3, -0.25) is 9.69 Å². The molecule has 0 bridgehead atoms. The number of carbonyl (C=O) groups excluding carboxylic acids is 1. The van der Waals surface area contributed by atoms with Crippen LogP contribution in [-0.4, -0.2) is 43.2 Å². The zero-order chi connectivity index (χ0) is 20.4. The Labute approximate surface area is 171 Å². The Bertz CT molecular complexity index is 979. The Morgan fingerprint density at radius 3 is 2.48 bits per heavy atom. The van der Waals surface area contributed by atoms with E-state index in [1.165, 1.54) is 5.69 Å². The van der Waals surface area contributed by atoms with Crippen LogP contribution >= 0.6 is 0 Å². The van der Waals surface area contributed by atoms with Crippen LogP contribution in [0.4, 0.5) is 5.69 Å². The molecular formula is C22H28N6O. The largest absolute Gasteiger partial charge is 0.337 e. The first-order valence-electron chi connectivity index (χ1n) is 10.1. The van der Waals surface area contributed by atoms with Crippen LogP contribution in [0.5, 0.6) is 0 Å². The third-order valence-electron chi connectivity index (χ3n) is 5.65. The van der Waals surface area contributed by atoms with Gasteiger partial charge in [-0.2, -0.15) is 5.10 Å². The van der Waals surface area contributed by atoms with Gasteiger partial charge in [-0.1, -0.05) is 0 Å². The lowest BCUT2D eigenvalue weighted by molar-refractivity contribution is -0.121. The normalized spacial score (nSPS) is 15.6. The van der Waals surface area contributed by atoms with Crippen molar-refractivity contribution in [1.82, 2.24) is 24.2 Å². The summed E-state index contributed by atoms with van der Waals surface area (Å²) in [6.45, 7) is 6.77. The number of rotatable bonds is 5. The van der Waals surface area contributed by atoms with Gasteiger partial charge in [0, 0.05) is 37.1 Å². The zero-order valence-corrected chi connectivity index (χ0v) is 17.3. The van der Waals surface area contributed by atoms with Crippen LogP contribution in [0.3, 0.4) is 0 Å². The van der Waals surface area contributed by atoms with Crippen molar-refractivity contribution in [2.45, 2.75) is 33.2 Å². The number of piperidine rings is 1. The summed E-state index contributed by atoms with van der Waals surface area (Å²) >= 11 is 0. The zero-order valence-electron chi connectivity index (χ0n) is 17.3. The van der Waals surface area contributed by atoms with Gasteiger partial charge in [0.2, 0.25) is 5.91 Å². The predicted octanol–water partition coefficient (Wildman–Crippen LogP) is 3.07. The van der Waals surface area contributed by atoms with E-state index in [0.717, 1.165) is 55.2 Å². The molecule has 1 N–H and O–H groups in total. The molecule has 152 valence electrons. The van der Waals surface area contributed by atoms with Gasteiger partial charge in [0.1, 0.15) is 0 Å². The molecule has 0 aliphatic carbocycles. The molecule has 3 heterocycles. The number of carbonyl (C=O) groups is 1. The summed E-state index contributed by atoms with van der Waals surface area (Å²) in [6, 6.07) is 9.93. The number of nitrogens with zero attached hydrogens (tertiary/aromatic N) is 5. The molecule has 1 amide bonds. The minimum absolute atomic E-state index is 0.0634. The smallest absolute Gasteiger partial charge is 0.227 e. The maximum absolute atomic E-state index is 12.7. The van der Waals surface area contributed by atoms with Crippen molar-refractivity contribution in [2.75, 3.05) is 18.4 Å². The molecule has 1 fully saturated rings. The third-order valence-corrected chi connectivity index (χ3v) is 5.65. The summed E-state index contributed by atoms with van der Waals surface area (Å²) < 4.78 is 3.97. The van der Waals surface area contributed by atoms with Gasteiger partial charge in [0.15, 0.2) is 0 Å². The van der Waals surface area contributed by atoms with Crippen LogP contribution in [0.15, 0.2) is 42.9 Å². The van der Waals surface area contributed by atoms with Crippen molar-refractivity contribution in [1.29, 1.82) is 0 Å². The maximum Gasteiger partial charge on any atom is 0.227 e. The van der Waals surface area contributed by atoms with E-state index < -0.39 is 0 Å². The summed E-state index contributed by atoms with van der Waals surface area (Å²) in [6.07, 6.45) is 5.51. The Balaban J connectivity index is 1.31. The van der Waals surface area contributed by atoms with Crippen molar-refractivity contribution in [3.05, 3.63) is 59.9 Å². The quantitative estimate of drug-likeness (QED) is 0.725. The number of hydrogen-bond donors (Lipinski definition) is 1. The molecular weight excluding hydrogens is 364 g/mol. The van der Waals surface area contributed by atoms with Gasteiger partial charge >= 0.3 is 0 Å². The second-order valence-electron chi connectivity index (χ2n) is 7.92. The Morgan fingerprint density at radius 1 is 1.17 bits per heavy atom. The van der Waals surface area contributed by atoms with Gasteiger partial charge in [0.25, 0.3) is 0 Å². The molecule has 7 nitrogen and oxygen atoms in total. The minimum atomic E-state index is 0.0634. The Hall–Kier alpha value is -2.93. The van der Waals surface area contributed by atoms with E-state index >= 15 is 0 Å². The molecule has 1 saturated heterocycles. The van der Waals surface area contributed by atoms with Gasteiger partial charge < -0.3 is 9.88 Å². The predicted molar refractivity (Wildman–Crippen MR) is 113 cm³/mol. The second kappa shape index (κ2) is 8.21. The van der Waals surface area contributed by atoms with Crippen molar-refractivity contribution in [2.24, 2.45) is 13.0 Å². The average molecular weight is 393 g/mol. The standard InChI is InChI=1S/C22H28N6O/c1-16-12-17(2)28(25-16)20-6-4-19(5-7-20)24-22(29)18-8-10-27(11-9-18)14-21-13-23-15-26(21)3/h4-7,12-13,15,18H,8-11,14H2,1-3H3,(H,24,29). The van der Waals surface area contributed by atoms with Crippen LogP contribution in [-0.2, 0) is 18.4 Å². The van der Waals surface area contributed by atoms with E-state index in [2.05, 4.69) is 30.9 Å². The number of imidazole rings is 1. The van der Waals surface area contributed by atoms with Crippen LogP contribution < -0.4 is 5.32 Å². The van der Waals surface area contributed by atoms with Crippen molar-refractivity contribution in [3.63, 3.8) is 0 Å². The topological polar surface area (TPSA) is 68.0 Å². The molecule has 0 saturated carbocycles. The van der Waals surface area contributed by atoms with Gasteiger partial charge in [0.05, 0.1) is 23.4 Å². The highest BCUT2D eigenvalue weighted by atomic mass is 16.1. The van der Waals surface area contributed by atoms with Gasteiger partial charge in [-0.15, -0.1) is 0 Å². The number of amides is 1. The Kier molecular flexibility index (Phi) is 5.49. The highest BCUT2D eigenvalue weighted by molar-refractivity contribution is 5.92. The number of nitrogens with one attached hydrogen (secondary N) is 1. The highest BCUT2D eigenvalue weighted by Gasteiger charge is 2.25. The van der Waals surface area contributed by atoms with Crippen LogP contribution in [0, 0.1) is 19.8 Å². The number of benzene rings is 1. The van der Waals surface area contributed by atoms with E-state index in [4.69, 9.17) is 0 Å². The van der Waals surface area contributed by atoms with E-state index in [1.807, 2.05) is 62.4 Å². The molecule has 0 unspecified atom stereocenters. The summed E-state index contributed by atoms with van der Waals surface area (Å²) in [4.78, 5) is 19.3. The van der Waals surface area contributed by atoms with Crippen LogP contribution in [0.2, 0.25) is 0 Å². The maximum atomic E-state index is 12.7. The van der Waals surface area contributed by atoms with Crippen molar-refractivity contribution in [3.8, 4) is 5.69 Å². The monoisotopic (exact) mass is 392 g/mol. The molecule has 1 aliphatic heterocycles. The average Bonchev–Trinajstić information content (AvgIpc) is 3.27. The molecule has 7 heteroatoms. The van der Waals surface area contributed by atoms with Crippen LogP contribution in [0.25, 0.3) is 5.69 Å². The summed E-state index contributed by atoms with van der Waals surface area (Å²) in [5.41, 5.74) is 5.12. The number of aryl methyl sites for hydroxylation is 3. The molecule has 1 aromatic carbocycles. The van der Waals surface area contributed by atoms with Crippen LogP contribution in [0.1, 0.15) is 29.9 Å². The lowest BCUT2D eigenvalue weighted by atomic mass is 9.95. The fourth-order valence-corrected chi connectivity index (χ4v) is 3.94. The number of hydrogen-bond acceptors (Lipinski definition) is 4. The van der Waals surface area contributed by atoms with Crippen molar-refractivity contribution >= 4 is 11.6 Å². The van der Waals surface area contributed by atoms with Crippen molar-refractivity contribution < 1.29 is 4.79 Å². The molecule has 29 heavy (non-hydrogen) atoms. The first-order valence-corrected chi connectivity index (χ1v) is 10.1. The lowest BCUT2D eigenvalue weighted by Gasteiger charge is -2.31. The van der Waals surface area contributed by atoms with E-state index in [0.29, 0.717) is 0 Å². The summed E-state index contributed by atoms with van der Waals surface area (Å²) in [5, 5.41) is 7.58. The summed E-state index contributed by atoms with van der Waals surface area (Å²) in [5.74, 6) is 0.178. The molecule has 0 atom stereocenters. The molecule has 0 radical (unpaired) electrons. The minimum Gasteiger partial charge on any atom is -0.337 e. The molecule has 1 aliphatic rings. The fourth-order valence-electron chi connectivity index (χ4n) is 3.94. The van der Waals surface area contributed by atoms with E-state index in [-0.39, 0.29) is 11.8 Å². The lowest BCUT2D eigenvalue weighted by Crippen LogP contribution is -2.38. The molecule has 2 aromatic heterocycles. The summed E-state index contributed by atoms with van der Waals surface area (Å²) in [7, 11) is 2.02. The van der Waals surface area contributed by atoms with E-state index in [9.17, 15) is 4.79 Å². The van der Waals surface area contributed by atoms with Gasteiger partial charge in [-0.05, 0) is 70.1 Å².